The fourth-order valence-corrected chi connectivity index (χ4v) is 4.42. The van der Waals surface area contributed by atoms with Gasteiger partial charge in [-0.25, -0.2) is 0 Å². The van der Waals surface area contributed by atoms with Crippen LogP contribution in [0.2, 0.25) is 5.02 Å². The van der Waals surface area contributed by atoms with E-state index in [1.54, 1.807) is 11.8 Å². The standard InChI is InChI=1S/C25H23ClN2OS/c1-2-18-9-13-21(14-10-18)27-25(29)17-30-24-16-28(23-6-4-3-5-22(23)24)15-19-7-11-20(26)12-8-19/h3-14,16H,2,15,17H2,1H3,(H,27,29). The van der Waals surface area contributed by atoms with E-state index in [-0.39, 0.29) is 5.91 Å². The van der Waals surface area contributed by atoms with Crippen LogP contribution in [0, 0.1) is 0 Å². The van der Waals surface area contributed by atoms with Crippen LogP contribution in [0.4, 0.5) is 5.69 Å². The van der Waals surface area contributed by atoms with Crippen LogP contribution in [0.1, 0.15) is 18.1 Å². The summed E-state index contributed by atoms with van der Waals surface area (Å²) in [4.78, 5) is 13.6. The van der Waals surface area contributed by atoms with E-state index in [9.17, 15) is 4.79 Å². The first-order chi connectivity index (χ1) is 14.6. The molecule has 0 radical (unpaired) electrons. The van der Waals surface area contributed by atoms with Crippen molar-refractivity contribution >= 4 is 45.9 Å². The molecular weight excluding hydrogens is 412 g/mol. The Balaban J connectivity index is 1.47. The van der Waals surface area contributed by atoms with E-state index >= 15 is 0 Å². The molecule has 0 aliphatic heterocycles. The molecule has 0 saturated carbocycles. The van der Waals surface area contributed by atoms with Gasteiger partial charge >= 0.3 is 0 Å². The van der Waals surface area contributed by atoms with Gasteiger partial charge in [-0.3, -0.25) is 4.79 Å². The third kappa shape index (κ3) is 4.89. The van der Waals surface area contributed by atoms with Crippen LogP contribution >= 0.6 is 23.4 Å². The van der Waals surface area contributed by atoms with Crippen LogP contribution in [-0.4, -0.2) is 16.2 Å². The number of halogens is 1. The van der Waals surface area contributed by atoms with Gasteiger partial charge in [0.1, 0.15) is 0 Å². The van der Waals surface area contributed by atoms with Crippen molar-refractivity contribution < 1.29 is 4.79 Å². The number of rotatable bonds is 7. The highest BCUT2D eigenvalue weighted by molar-refractivity contribution is 8.00. The fourth-order valence-electron chi connectivity index (χ4n) is 3.41. The Morgan fingerprint density at radius 2 is 1.67 bits per heavy atom. The highest BCUT2D eigenvalue weighted by atomic mass is 35.5. The Morgan fingerprint density at radius 1 is 0.967 bits per heavy atom. The highest BCUT2D eigenvalue weighted by Gasteiger charge is 2.11. The summed E-state index contributed by atoms with van der Waals surface area (Å²) >= 11 is 7.57. The Labute approximate surface area is 186 Å². The maximum atomic E-state index is 12.5. The molecule has 0 unspecified atom stereocenters. The van der Waals surface area contributed by atoms with Gasteiger partial charge < -0.3 is 9.88 Å². The number of carbonyl (C=O) groups is 1. The van der Waals surface area contributed by atoms with Crippen LogP contribution in [0.5, 0.6) is 0 Å². The molecule has 1 aromatic heterocycles. The molecule has 0 aliphatic carbocycles. The third-order valence-corrected chi connectivity index (χ3v) is 6.32. The van der Waals surface area contributed by atoms with E-state index in [0.29, 0.717) is 5.75 Å². The number of nitrogens with zero attached hydrogens (tertiary/aromatic N) is 1. The molecule has 5 heteroatoms. The van der Waals surface area contributed by atoms with Crippen molar-refractivity contribution in [3.8, 4) is 0 Å². The lowest BCUT2D eigenvalue weighted by Gasteiger charge is -2.06. The number of aromatic nitrogens is 1. The van der Waals surface area contributed by atoms with Gasteiger partial charge in [-0.2, -0.15) is 0 Å². The quantitative estimate of drug-likeness (QED) is 0.331. The van der Waals surface area contributed by atoms with Crippen LogP contribution in [-0.2, 0) is 17.8 Å². The summed E-state index contributed by atoms with van der Waals surface area (Å²) in [5, 5.41) is 4.89. The van der Waals surface area contributed by atoms with Crippen molar-refractivity contribution in [3.63, 3.8) is 0 Å². The Morgan fingerprint density at radius 3 is 2.40 bits per heavy atom. The van der Waals surface area contributed by atoms with Crippen LogP contribution < -0.4 is 5.32 Å². The summed E-state index contributed by atoms with van der Waals surface area (Å²) in [6.07, 6.45) is 3.12. The van der Waals surface area contributed by atoms with Gasteiger partial charge in [0, 0.05) is 39.3 Å². The number of carbonyl (C=O) groups excluding carboxylic acids is 1. The Bertz CT molecular complexity index is 1150. The van der Waals surface area contributed by atoms with Gasteiger partial charge in [0.25, 0.3) is 0 Å². The smallest absolute Gasteiger partial charge is 0.234 e. The van der Waals surface area contributed by atoms with Gasteiger partial charge in [-0.15, -0.1) is 11.8 Å². The number of anilines is 1. The third-order valence-electron chi connectivity index (χ3n) is 5.02. The molecule has 0 bridgehead atoms. The normalized spacial score (nSPS) is 11.0. The van der Waals surface area contributed by atoms with Crippen molar-refractivity contribution in [2.75, 3.05) is 11.1 Å². The zero-order valence-electron chi connectivity index (χ0n) is 16.8. The lowest BCUT2D eigenvalue weighted by molar-refractivity contribution is -0.113. The Kier molecular flexibility index (Phi) is 6.46. The minimum absolute atomic E-state index is 0.00113. The monoisotopic (exact) mass is 434 g/mol. The van der Waals surface area contributed by atoms with Crippen LogP contribution in [0.25, 0.3) is 10.9 Å². The minimum Gasteiger partial charge on any atom is -0.342 e. The molecule has 0 spiro atoms. The topological polar surface area (TPSA) is 34.0 Å². The average molecular weight is 435 g/mol. The summed E-state index contributed by atoms with van der Waals surface area (Å²) in [5.41, 5.74) is 4.44. The number of hydrogen-bond donors (Lipinski definition) is 1. The molecular formula is C25H23ClN2OS. The number of para-hydroxylation sites is 1. The molecule has 1 N–H and O–H groups in total. The summed E-state index contributed by atoms with van der Waals surface area (Å²) in [5.74, 6) is 0.364. The molecule has 30 heavy (non-hydrogen) atoms. The number of hydrogen-bond acceptors (Lipinski definition) is 2. The number of amides is 1. The van der Waals surface area contributed by atoms with E-state index in [4.69, 9.17) is 11.6 Å². The number of aryl methyl sites for hydroxylation is 1. The SMILES string of the molecule is CCc1ccc(NC(=O)CSc2cn(Cc3ccc(Cl)cc3)c3ccccc23)cc1. The molecule has 1 amide bonds. The van der Waals surface area contributed by atoms with Gasteiger partial charge in [0.15, 0.2) is 0 Å². The number of nitrogens with one attached hydrogen (secondary N) is 1. The van der Waals surface area contributed by atoms with Crippen molar-refractivity contribution in [1.29, 1.82) is 0 Å². The van der Waals surface area contributed by atoms with Crippen molar-refractivity contribution in [3.05, 3.63) is 95.1 Å². The van der Waals surface area contributed by atoms with Gasteiger partial charge in [-0.1, -0.05) is 61.0 Å². The van der Waals surface area contributed by atoms with E-state index in [1.165, 1.54) is 11.1 Å². The molecule has 3 nitrogen and oxygen atoms in total. The first-order valence-electron chi connectivity index (χ1n) is 9.96. The second-order valence-corrected chi connectivity index (χ2v) is 8.61. The zero-order chi connectivity index (χ0) is 20.9. The summed E-state index contributed by atoms with van der Waals surface area (Å²) in [6.45, 7) is 2.88. The first-order valence-corrected chi connectivity index (χ1v) is 11.3. The van der Waals surface area contributed by atoms with E-state index in [0.717, 1.165) is 39.5 Å². The molecule has 4 aromatic rings. The van der Waals surface area contributed by atoms with E-state index in [1.807, 2.05) is 60.7 Å². The predicted molar refractivity (Wildman–Crippen MR) is 128 cm³/mol. The molecule has 3 aromatic carbocycles. The summed E-state index contributed by atoms with van der Waals surface area (Å²) < 4.78 is 2.22. The van der Waals surface area contributed by atoms with Gasteiger partial charge in [-0.05, 0) is 47.9 Å². The van der Waals surface area contributed by atoms with E-state index < -0.39 is 0 Å². The molecule has 1 heterocycles. The maximum absolute atomic E-state index is 12.5. The van der Waals surface area contributed by atoms with Crippen LogP contribution in [0.15, 0.2) is 83.9 Å². The maximum Gasteiger partial charge on any atom is 0.234 e. The first kappa shape index (κ1) is 20.6. The zero-order valence-corrected chi connectivity index (χ0v) is 18.3. The highest BCUT2D eigenvalue weighted by Crippen LogP contribution is 2.30. The second kappa shape index (κ2) is 9.41. The fraction of sp³-hybridized carbons (Fsp3) is 0.160. The molecule has 0 saturated heterocycles. The van der Waals surface area contributed by atoms with Gasteiger partial charge in [0.05, 0.1) is 5.75 Å². The molecule has 0 fully saturated rings. The minimum atomic E-state index is -0.00113. The van der Waals surface area contributed by atoms with Crippen molar-refractivity contribution in [1.82, 2.24) is 4.57 Å². The van der Waals surface area contributed by atoms with Crippen molar-refractivity contribution in [2.45, 2.75) is 24.8 Å². The number of benzene rings is 3. The van der Waals surface area contributed by atoms with Crippen molar-refractivity contribution in [2.24, 2.45) is 0 Å². The average Bonchev–Trinajstić information content (AvgIpc) is 3.12. The van der Waals surface area contributed by atoms with E-state index in [2.05, 4.69) is 35.1 Å². The Hall–Kier alpha value is -2.69. The summed E-state index contributed by atoms with van der Waals surface area (Å²) in [7, 11) is 0. The molecule has 4 rings (SSSR count). The lowest BCUT2D eigenvalue weighted by atomic mass is 10.1. The molecule has 0 aliphatic rings. The van der Waals surface area contributed by atoms with Gasteiger partial charge in [0.2, 0.25) is 5.91 Å². The number of thioether (sulfide) groups is 1. The lowest BCUT2D eigenvalue weighted by Crippen LogP contribution is -2.13. The summed E-state index contributed by atoms with van der Waals surface area (Å²) in [6, 6.07) is 24.2. The number of fused-ring (bicyclic) bond motifs is 1. The largest absolute Gasteiger partial charge is 0.342 e. The van der Waals surface area contributed by atoms with Crippen LogP contribution in [0.3, 0.4) is 0 Å². The predicted octanol–water partition coefficient (Wildman–Crippen LogP) is 6.64. The second-order valence-electron chi connectivity index (χ2n) is 7.15. The molecule has 152 valence electrons. The molecule has 0 atom stereocenters.